The van der Waals surface area contributed by atoms with E-state index in [4.69, 9.17) is 0 Å². The smallest absolute Gasteiger partial charge is 0.234 e. The fraction of sp³-hybridized carbons (Fsp3) is 0.842. The molecule has 0 radical (unpaired) electrons. The second-order valence-electron chi connectivity index (χ2n) is 6.63. The van der Waals surface area contributed by atoms with Crippen LogP contribution in [0.3, 0.4) is 0 Å². The first-order valence-electron chi connectivity index (χ1n) is 9.29. The minimum absolute atomic E-state index is 0.576. The summed E-state index contributed by atoms with van der Waals surface area (Å²) in [6.45, 7) is 10.3. The lowest BCUT2D eigenvalue weighted by Crippen LogP contribution is -2.37. The van der Waals surface area contributed by atoms with Gasteiger partial charge in [-0.15, -0.1) is 0 Å². The number of hydrogen-bond donors (Lipinski definition) is 0. The molecule has 2 heteroatoms. The first-order valence-corrected chi connectivity index (χ1v) is 9.29. The standard InChI is InChI=1S/C19H37N2/c1-5-7-9-10-11-12-13-15-20-16-17-21(18(3)4)19(20)14-8-6-2/h16-18H,5-15H2,1-4H3/q+1. The van der Waals surface area contributed by atoms with Crippen molar-refractivity contribution in [1.82, 2.24) is 4.57 Å². The van der Waals surface area contributed by atoms with Crippen molar-refractivity contribution in [2.75, 3.05) is 0 Å². The Hall–Kier alpha value is -0.790. The summed E-state index contributed by atoms with van der Waals surface area (Å²) in [6.07, 6.45) is 18.1. The van der Waals surface area contributed by atoms with Crippen LogP contribution in [0.25, 0.3) is 0 Å². The quantitative estimate of drug-likeness (QED) is 0.358. The molecule has 0 aromatic carbocycles. The molecule has 0 aliphatic carbocycles. The van der Waals surface area contributed by atoms with Crippen LogP contribution in [0.4, 0.5) is 0 Å². The van der Waals surface area contributed by atoms with Gasteiger partial charge in [-0.05, 0) is 33.1 Å². The first kappa shape index (κ1) is 18.3. The summed E-state index contributed by atoms with van der Waals surface area (Å²) < 4.78 is 4.96. The summed E-state index contributed by atoms with van der Waals surface area (Å²) in [5.74, 6) is 1.53. The molecule has 122 valence electrons. The molecule has 0 atom stereocenters. The number of rotatable bonds is 12. The zero-order chi connectivity index (χ0) is 15.5. The summed E-state index contributed by atoms with van der Waals surface area (Å²) in [4.78, 5) is 0. The van der Waals surface area contributed by atoms with E-state index in [1.807, 2.05) is 0 Å². The molecule has 0 N–H and O–H groups in total. The molecule has 0 aliphatic heterocycles. The second-order valence-corrected chi connectivity index (χ2v) is 6.63. The molecule has 0 bridgehead atoms. The summed E-state index contributed by atoms with van der Waals surface area (Å²) in [5, 5.41) is 0. The van der Waals surface area contributed by atoms with E-state index < -0.39 is 0 Å². The van der Waals surface area contributed by atoms with E-state index in [9.17, 15) is 0 Å². The lowest BCUT2D eigenvalue weighted by Gasteiger charge is -2.07. The van der Waals surface area contributed by atoms with Crippen molar-refractivity contribution in [3.8, 4) is 0 Å². The van der Waals surface area contributed by atoms with E-state index in [1.165, 1.54) is 76.6 Å². The van der Waals surface area contributed by atoms with E-state index >= 15 is 0 Å². The Balaban J connectivity index is 2.39. The van der Waals surface area contributed by atoms with Crippen molar-refractivity contribution in [3.63, 3.8) is 0 Å². The van der Waals surface area contributed by atoms with Gasteiger partial charge in [0.25, 0.3) is 5.82 Å². The fourth-order valence-corrected chi connectivity index (χ4v) is 2.99. The third kappa shape index (κ3) is 6.67. The van der Waals surface area contributed by atoms with Crippen molar-refractivity contribution >= 4 is 0 Å². The predicted octanol–water partition coefficient (Wildman–Crippen LogP) is 5.45. The Bertz CT molecular complexity index is 366. The molecule has 0 amide bonds. The Morgan fingerprint density at radius 1 is 0.905 bits per heavy atom. The van der Waals surface area contributed by atoms with Gasteiger partial charge < -0.3 is 0 Å². The molecule has 0 fully saturated rings. The number of imidazole rings is 1. The van der Waals surface area contributed by atoms with Crippen molar-refractivity contribution in [1.29, 1.82) is 0 Å². The van der Waals surface area contributed by atoms with Crippen LogP contribution in [0.1, 0.15) is 97.3 Å². The SMILES string of the molecule is CCCCCCCCC[n+]1ccn(C(C)C)c1CCCC. The van der Waals surface area contributed by atoms with Gasteiger partial charge in [-0.25, -0.2) is 9.13 Å². The van der Waals surface area contributed by atoms with Gasteiger partial charge in [0, 0.05) is 6.42 Å². The summed E-state index contributed by atoms with van der Waals surface area (Å²) in [6, 6.07) is 0.576. The molecular weight excluding hydrogens is 256 g/mol. The molecule has 1 rings (SSSR count). The second kappa shape index (κ2) is 10.9. The van der Waals surface area contributed by atoms with Crippen molar-refractivity contribution in [2.45, 2.75) is 104 Å². The molecular formula is C19H37N2+. The van der Waals surface area contributed by atoms with Crippen LogP contribution in [0.15, 0.2) is 12.4 Å². The normalized spacial score (nSPS) is 11.5. The highest BCUT2D eigenvalue weighted by Crippen LogP contribution is 2.11. The topological polar surface area (TPSA) is 8.81 Å². The van der Waals surface area contributed by atoms with Gasteiger partial charge in [-0.2, -0.15) is 0 Å². The van der Waals surface area contributed by atoms with E-state index in [2.05, 4.69) is 49.2 Å². The lowest BCUT2D eigenvalue weighted by atomic mass is 10.1. The summed E-state index contributed by atoms with van der Waals surface area (Å²) in [7, 11) is 0. The first-order chi connectivity index (χ1) is 10.2. The fourth-order valence-electron chi connectivity index (χ4n) is 2.99. The molecule has 0 spiro atoms. The molecule has 2 nitrogen and oxygen atoms in total. The van der Waals surface area contributed by atoms with E-state index in [-0.39, 0.29) is 0 Å². The van der Waals surface area contributed by atoms with Gasteiger partial charge in [0.05, 0.1) is 12.6 Å². The molecule has 0 unspecified atom stereocenters. The van der Waals surface area contributed by atoms with Crippen molar-refractivity contribution in [3.05, 3.63) is 18.2 Å². The van der Waals surface area contributed by atoms with Crippen LogP contribution < -0.4 is 4.57 Å². The van der Waals surface area contributed by atoms with Crippen LogP contribution in [-0.4, -0.2) is 4.57 Å². The Labute approximate surface area is 132 Å². The molecule has 1 heterocycles. The third-order valence-electron chi connectivity index (χ3n) is 4.35. The number of nitrogens with zero attached hydrogens (tertiary/aromatic N) is 2. The van der Waals surface area contributed by atoms with Crippen molar-refractivity contribution in [2.24, 2.45) is 0 Å². The maximum atomic E-state index is 2.50. The number of unbranched alkanes of at least 4 members (excludes halogenated alkanes) is 7. The maximum Gasteiger partial charge on any atom is 0.256 e. The minimum Gasteiger partial charge on any atom is -0.234 e. The zero-order valence-electron chi connectivity index (χ0n) is 14.9. The van der Waals surface area contributed by atoms with Gasteiger partial charge in [-0.3, -0.25) is 0 Å². The highest BCUT2D eigenvalue weighted by molar-refractivity contribution is 4.86. The third-order valence-corrected chi connectivity index (χ3v) is 4.35. The zero-order valence-corrected chi connectivity index (χ0v) is 14.9. The van der Waals surface area contributed by atoms with Gasteiger partial charge in [0.1, 0.15) is 12.4 Å². The minimum atomic E-state index is 0.576. The Morgan fingerprint density at radius 2 is 1.52 bits per heavy atom. The monoisotopic (exact) mass is 293 g/mol. The van der Waals surface area contributed by atoms with Crippen LogP contribution in [0.2, 0.25) is 0 Å². The molecule has 1 aromatic heterocycles. The largest absolute Gasteiger partial charge is 0.256 e. The average Bonchev–Trinajstić information content (AvgIpc) is 2.87. The molecule has 0 saturated carbocycles. The van der Waals surface area contributed by atoms with Gasteiger partial charge in [0.15, 0.2) is 0 Å². The van der Waals surface area contributed by atoms with E-state index in [1.54, 1.807) is 0 Å². The van der Waals surface area contributed by atoms with E-state index in [0.29, 0.717) is 6.04 Å². The lowest BCUT2D eigenvalue weighted by molar-refractivity contribution is -0.704. The van der Waals surface area contributed by atoms with Crippen LogP contribution in [-0.2, 0) is 13.0 Å². The van der Waals surface area contributed by atoms with Crippen LogP contribution in [0.5, 0.6) is 0 Å². The van der Waals surface area contributed by atoms with E-state index in [0.717, 1.165) is 0 Å². The Kier molecular flexibility index (Phi) is 9.45. The van der Waals surface area contributed by atoms with Crippen LogP contribution >= 0.6 is 0 Å². The van der Waals surface area contributed by atoms with Gasteiger partial charge >= 0.3 is 0 Å². The molecule has 21 heavy (non-hydrogen) atoms. The summed E-state index contributed by atoms with van der Waals surface area (Å²) >= 11 is 0. The average molecular weight is 294 g/mol. The van der Waals surface area contributed by atoms with Crippen molar-refractivity contribution < 1.29 is 4.57 Å². The number of hydrogen-bond acceptors (Lipinski definition) is 0. The van der Waals surface area contributed by atoms with Gasteiger partial charge in [0.2, 0.25) is 0 Å². The highest BCUT2D eigenvalue weighted by Gasteiger charge is 2.18. The highest BCUT2D eigenvalue weighted by atomic mass is 15.2. The Morgan fingerprint density at radius 3 is 2.14 bits per heavy atom. The number of aryl methyl sites for hydroxylation is 1. The molecule has 0 aliphatic rings. The van der Waals surface area contributed by atoms with Gasteiger partial charge in [-0.1, -0.05) is 52.4 Å². The number of aromatic nitrogens is 2. The predicted molar refractivity (Wildman–Crippen MR) is 91.6 cm³/mol. The molecule has 1 aromatic rings. The molecule has 0 saturated heterocycles. The maximum absolute atomic E-state index is 2.50. The summed E-state index contributed by atoms with van der Waals surface area (Å²) in [5.41, 5.74) is 0. The van der Waals surface area contributed by atoms with Crippen LogP contribution in [0, 0.1) is 0 Å².